The molecule has 0 bridgehead atoms. The first kappa shape index (κ1) is 13.6. The summed E-state index contributed by atoms with van der Waals surface area (Å²) >= 11 is 0. The van der Waals surface area contributed by atoms with E-state index in [0.29, 0.717) is 6.04 Å². The van der Waals surface area contributed by atoms with Crippen molar-refractivity contribution in [2.45, 2.75) is 65.5 Å². The van der Waals surface area contributed by atoms with E-state index in [-0.39, 0.29) is 0 Å². The summed E-state index contributed by atoms with van der Waals surface area (Å²) in [5.74, 6) is 2.04. The van der Waals surface area contributed by atoms with Gasteiger partial charge in [0, 0.05) is 32.0 Å². The van der Waals surface area contributed by atoms with Crippen molar-refractivity contribution in [3.05, 3.63) is 0 Å². The Morgan fingerprint density at radius 2 is 1.79 bits per heavy atom. The average molecular weight is 263 g/mol. The van der Waals surface area contributed by atoms with Crippen LogP contribution in [0.1, 0.15) is 53.4 Å². The summed E-state index contributed by atoms with van der Waals surface area (Å²) in [5, 5.41) is 0. The van der Waals surface area contributed by atoms with E-state index in [2.05, 4.69) is 43.4 Å². The fraction of sp³-hybridized carbons (Fsp3) is 0.941. The molecule has 0 aromatic rings. The molecule has 108 valence electrons. The molecule has 1 aliphatic carbocycles. The van der Waals surface area contributed by atoms with Crippen molar-refractivity contribution in [3.63, 3.8) is 0 Å². The lowest BCUT2D eigenvalue weighted by Gasteiger charge is -2.62. The largest absolute Gasteiger partial charge is 0.300 e. The summed E-state index contributed by atoms with van der Waals surface area (Å²) in [6.07, 6.45) is 8.31. The topological polar surface area (TPSA) is 6.25 Å². The fourth-order valence-corrected chi connectivity index (χ4v) is 4.52. The van der Waals surface area contributed by atoms with Crippen LogP contribution in [0.25, 0.3) is 0 Å². The van der Waals surface area contributed by atoms with Crippen molar-refractivity contribution in [1.29, 1.82) is 0 Å². The quantitative estimate of drug-likeness (QED) is 0.710. The number of hydrogen-bond acceptors (Lipinski definition) is 1. The van der Waals surface area contributed by atoms with E-state index in [1.54, 1.807) is 0 Å². The van der Waals surface area contributed by atoms with Gasteiger partial charge >= 0.3 is 0 Å². The van der Waals surface area contributed by atoms with Gasteiger partial charge in [0.2, 0.25) is 0 Å². The van der Waals surface area contributed by atoms with Gasteiger partial charge in [0.15, 0.2) is 0 Å². The molecule has 2 aliphatic heterocycles. The van der Waals surface area contributed by atoms with Gasteiger partial charge in [-0.2, -0.15) is 0 Å². The summed E-state index contributed by atoms with van der Waals surface area (Å²) < 4.78 is 2.54. The molecule has 2 fully saturated rings. The van der Waals surface area contributed by atoms with Crippen LogP contribution in [0.3, 0.4) is 0 Å². The van der Waals surface area contributed by atoms with Gasteiger partial charge in [-0.1, -0.05) is 0 Å². The summed E-state index contributed by atoms with van der Waals surface area (Å²) in [6.45, 7) is 13.3. The van der Waals surface area contributed by atoms with Crippen LogP contribution in [-0.2, 0) is 0 Å². The van der Waals surface area contributed by atoms with Gasteiger partial charge in [-0.15, -0.1) is 0 Å². The maximum Gasteiger partial charge on any atom is 0.146 e. The first-order valence-corrected chi connectivity index (χ1v) is 8.32. The van der Waals surface area contributed by atoms with E-state index in [4.69, 9.17) is 0 Å². The molecule has 0 aromatic heterocycles. The van der Waals surface area contributed by atoms with E-state index < -0.39 is 0 Å². The lowest BCUT2D eigenvalue weighted by atomic mass is 9.53. The minimum Gasteiger partial charge on any atom is -0.300 e. The van der Waals surface area contributed by atoms with Crippen molar-refractivity contribution in [3.8, 4) is 0 Å². The number of likely N-dealkylation sites (tertiary alicyclic amines) is 1. The summed E-state index contributed by atoms with van der Waals surface area (Å²) in [6, 6.07) is 1.45. The predicted octanol–water partition coefficient (Wildman–Crippen LogP) is 3.01. The zero-order valence-corrected chi connectivity index (χ0v) is 13.2. The van der Waals surface area contributed by atoms with Gasteiger partial charge in [-0.05, 0) is 57.8 Å². The van der Waals surface area contributed by atoms with Gasteiger partial charge < -0.3 is 0 Å². The molecule has 2 nitrogen and oxygen atoms in total. The second-order valence-corrected chi connectivity index (χ2v) is 7.97. The lowest BCUT2D eigenvalue weighted by molar-refractivity contribution is -0.561. The molecule has 1 spiro atoms. The third-order valence-corrected chi connectivity index (χ3v) is 5.93. The highest BCUT2D eigenvalue weighted by atomic mass is 15.2. The van der Waals surface area contributed by atoms with E-state index in [1.807, 2.05) is 0 Å². The highest BCUT2D eigenvalue weighted by Gasteiger charge is 2.54. The van der Waals surface area contributed by atoms with Crippen LogP contribution in [-0.4, -0.2) is 47.4 Å². The van der Waals surface area contributed by atoms with Gasteiger partial charge in [-0.25, -0.2) is 4.58 Å². The van der Waals surface area contributed by atoms with Crippen LogP contribution in [0.4, 0.5) is 0 Å². The number of hydrogen-bond donors (Lipinski definition) is 0. The van der Waals surface area contributed by atoms with Crippen LogP contribution >= 0.6 is 0 Å². The maximum absolute atomic E-state index is 2.64. The van der Waals surface area contributed by atoms with Gasteiger partial charge in [0.05, 0.1) is 0 Å². The predicted molar refractivity (Wildman–Crippen MR) is 80.9 cm³/mol. The fourth-order valence-electron chi connectivity index (χ4n) is 4.52. The Labute approximate surface area is 118 Å². The van der Waals surface area contributed by atoms with Gasteiger partial charge in [-0.3, -0.25) is 4.90 Å². The van der Waals surface area contributed by atoms with Crippen molar-refractivity contribution in [2.75, 3.05) is 19.6 Å². The molecular weight excluding hydrogens is 232 g/mol. The Balaban J connectivity index is 1.46. The molecule has 1 saturated heterocycles. The van der Waals surface area contributed by atoms with Gasteiger partial charge in [0.25, 0.3) is 0 Å². The molecule has 3 aliphatic rings. The molecule has 19 heavy (non-hydrogen) atoms. The minimum absolute atomic E-state index is 0.694. The first-order valence-electron chi connectivity index (χ1n) is 8.32. The molecule has 1 saturated carbocycles. The average Bonchev–Trinajstić information content (AvgIpc) is 2.25. The molecule has 0 amide bonds. The van der Waals surface area contributed by atoms with Crippen molar-refractivity contribution in [1.82, 2.24) is 4.90 Å². The summed E-state index contributed by atoms with van der Waals surface area (Å²) in [4.78, 5) is 2.64. The van der Waals surface area contributed by atoms with Crippen molar-refractivity contribution in [2.24, 2.45) is 17.3 Å². The zero-order valence-electron chi connectivity index (χ0n) is 13.2. The van der Waals surface area contributed by atoms with Crippen molar-refractivity contribution >= 4 is 6.21 Å². The highest BCUT2D eigenvalue weighted by Crippen LogP contribution is 2.55. The summed E-state index contributed by atoms with van der Waals surface area (Å²) in [5.41, 5.74) is 0.754. The van der Waals surface area contributed by atoms with Crippen LogP contribution in [0.5, 0.6) is 0 Å². The molecule has 1 atom stereocenters. The highest BCUT2D eigenvalue weighted by molar-refractivity contribution is 5.52. The van der Waals surface area contributed by atoms with Crippen molar-refractivity contribution < 1.29 is 4.58 Å². The molecule has 0 N–H and O–H groups in total. The lowest BCUT2D eigenvalue weighted by Crippen LogP contribution is -2.64. The Morgan fingerprint density at radius 1 is 1.11 bits per heavy atom. The van der Waals surface area contributed by atoms with E-state index >= 15 is 0 Å². The standard InChI is InChI=1S/C17H31N2/c1-13(2)18-7-5-15(6-8-18)16-9-17(10-16)11-19(12-17)14(3)4/h7,13-16H,5-6,8-12H2,1-4H3/q+1. The third-order valence-electron chi connectivity index (χ3n) is 5.93. The molecule has 0 radical (unpaired) electrons. The van der Waals surface area contributed by atoms with Crippen LogP contribution in [0.15, 0.2) is 0 Å². The molecule has 1 unspecified atom stereocenters. The molecular formula is C17H31N2+. The smallest absolute Gasteiger partial charge is 0.146 e. The second kappa shape index (κ2) is 4.87. The van der Waals surface area contributed by atoms with Crippen LogP contribution in [0.2, 0.25) is 0 Å². The number of rotatable bonds is 3. The Bertz CT molecular complexity index is 355. The molecule has 3 rings (SSSR count). The minimum atomic E-state index is 0.694. The SMILES string of the molecule is CC(C)N1CC2(CC(C3CC=[N+](C(C)C)CC3)C2)C1. The zero-order chi connectivity index (χ0) is 13.6. The first-order chi connectivity index (χ1) is 8.99. The number of nitrogens with zero attached hydrogens (tertiary/aromatic N) is 2. The molecule has 2 heterocycles. The Hall–Kier alpha value is -0.370. The second-order valence-electron chi connectivity index (χ2n) is 7.97. The van der Waals surface area contributed by atoms with Crippen LogP contribution < -0.4 is 0 Å². The van der Waals surface area contributed by atoms with Gasteiger partial charge in [0.1, 0.15) is 18.8 Å². The molecule has 2 heteroatoms. The monoisotopic (exact) mass is 263 g/mol. The summed E-state index contributed by atoms with van der Waals surface area (Å²) in [7, 11) is 0. The normalized spacial score (nSPS) is 31.5. The van der Waals surface area contributed by atoms with Crippen LogP contribution in [0, 0.1) is 17.3 Å². The Kier molecular flexibility index (Phi) is 3.49. The third kappa shape index (κ3) is 2.49. The maximum atomic E-state index is 2.64. The van der Waals surface area contributed by atoms with E-state index in [9.17, 15) is 0 Å². The molecule has 0 aromatic carbocycles. The Morgan fingerprint density at radius 3 is 2.26 bits per heavy atom. The van der Waals surface area contributed by atoms with E-state index in [1.165, 1.54) is 45.3 Å². The van der Waals surface area contributed by atoms with E-state index in [0.717, 1.165) is 23.3 Å².